The molecule has 1 heterocycles. The molecule has 0 aliphatic rings. The highest BCUT2D eigenvalue weighted by Crippen LogP contribution is 2.21. The van der Waals surface area contributed by atoms with Gasteiger partial charge in [-0.1, -0.05) is 61.2 Å². The summed E-state index contributed by atoms with van der Waals surface area (Å²) in [5.41, 5.74) is 2.17. The summed E-state index contributed by atoms with van der Waals surface area (Å²) in [7, 11) is 0. The van der Waals surface area contributed by atoms with E-state index in [-0.39, 0.29) is 5.91 Å². The van der Waals surface area contributed by atoms with E-state index in [1.54, 1.807) is 12.1 Å². The van der Waals surface area contributed by atoms with Crippen molar-refractivity contribution in [1.82, 2.24) is 9.88 Å². The van der Waals surface area contributed by atoms with Crippen molar-refractivity contribution in [2.45, 2.75) is 6.04 Å². The summed E-state index contributed by atoms with van der Waals surface area (Å²) in [5.74, 6) is -0.337. The molecule has 0 bridgehead atoms. The number of aromatic nitrogens is 1. The molecule has 0 saturated carbocycles. The van der Waals surface area contributed by atoms with Crippen LogP contribution in [-0.4, -0.2) is 22.1 Å². The Kier molecular flexibility index (Phi) is 5.34. The molecular formula is C22H18N2O2. The number of carbonyl (C=O) groups excluding carboxylic acids is 2. The van der Waals surface area contributed by atoms with Gasteiger partial charge in [0.05, 0.1) is 11.2 Å². The number of para-hydroxylation sites is 1. The zero-order valence-electron chi connectivity index (χ0n) is 14.2. The fourth-order valence-corrected chi connectivity index (χ4v) is 2.68. The SMILES string of the molecule is C=CN(C(=O)C=Cc1ccccc1)C(C=O)c1ccc2ccccc2n1. The van der Waals surface area contributed by atoms with Crippen LogP contribution in [0.5, 0.6) is 0 Å². The van der Waals surface area contributed by atoms with Crippen LogP contribution in [0.3, 0.4) is 0 Å². The summed E-state index contributed by atoms with van der Waals surface area (Å²) >= 11 is 0. The van der Waals surface area contributed by atoms with Crippen LogP contribution in [-0.2, 0) is 9.59 Å². The first-order chi connectivity index (χ1) is 12.7. The van der Waals surface area contributed by atoms with E-state index in [1.165, 1.54) is 17.2 Å². The monoisotopic (exact) mass is 342 g/mol. The second-order valence-corrected chi connectivity index (χ2v) is 5.68. The standard InChI is InChI=1S/C22H18N2O2/c1-2-24(22(26)15-12-17-8-4-3-5-9-17)21(16-25)20-14-13-18-10-6-7-11-19(18)23-20/h2-16,21H,1H2. The van der Waals surface area contributed by atoms with E-state index in [0.717, 1.165) is 16.5 Å². The molecule has 1 amide bonds. The van der Waals surface area contributed by atoms with Crippen LogP contribution in [0.4, 0.5) is 0 Å². The highest BCUT2D eigenvalue weighted by molar-refractivity contribution is 5.94. The third-order valence-corrected chi connectivity index (χ3v) is 4.02. The lowest BCUT2D eigenvalue weighted by Crippen LogP contribution is -2.30. The fraction of sp³-hybridized carbons (Fsp3) is 0.0455. The van der Waals surface area contributed by atoms with Gasteiger partial charge in [-0.3, -0.25) is 9.78 Å². The number of hydrogen-bond acceptors (Lipinski definition) is 3. The number of nitrogens with zero attached hydrogens (tertiary/aromatic N) is 2. The molecule has 3 aromatic rings. The Bertz CT molecular complexity index is 964. The third-order valence-electron chi connectivity index (χ3n) is 4.02. The van der Waals surface area contributed by atoms with Crippen molar-refractivity contribution in [3.63, 3.8) is 0 Å². The highest BCUT2D eigenvalue weighted by Gasteiger charge is 2.22. The van der Waals surface area contributed by atoms with Gasteiger partial charge in [0.2, 0.25) is 0 Å². The van der Waals surface area contributed by atoms with Gasteiger partial charge >= 0.3 is 0 Å². The zero-order chi connectivity index (χ0) is 18.4. The molecule has 1 unspecified atom stereocenters. The molecule has 0 radical (unpaired) electrons. The second-order valence-electron chi connectivity index (χ2n) is 5.68. The summed E-state index contributed by atoms with van der Waals surface area (Å²) in [6.07, 6.45) is 5.18. The molecule has 4 heteroatoms. The molecule has 128 valence electrons. The number of rotatable bonds is 6. The molecule has 26 heavy (non-hydrogen) atoms. The van der Waals surface area contributed by atoms with Crippen molar-refractivity contribution in [1.29, 1.82) is 0 Å². The number of pyridine rings is 1. The maximum absolute atomic E-state index is 12.6. The van der Waals surface area contributed by atoms with Crippen LogP contribution in [0.15, 0.2) is 85.6 Å². The van der Waals surface area contributed by atoms with Gasteiger partial charge in [0.25, 0.3) is 5.91 Å². The van der Waals surface area contributed by atoms with Crippen LogP contribution in [0.25, 0.3) is 17.0 Å². The van der Waals surface area contributed by atoms with Crippen molar-refractivity contribution >= 4 is 29.2 Å². The summed E-state index contributed by atoms with van der Waals surface area (Å²) in [6, 6.07) is 19.9. The molecule has 4 nitrogen and oxygen atoms in total. The highest BCUT2D eigenvalue weighted by atomic mass is 16.2. The average Bonchev–Trinajstić information content (AvgIpc) is 2.70. The first-order valence-corrected chi connectivity index (χ1v) is 8.22. The molecule has 2 aromatic carbocycles. The van der Waals surface area contributed by atoms with E-state index >= 15 is 0 Å². The van der Waals surface area contributed by atoms with Gasteiger partial charge in [0.1, 0.15) is 12.3 Å². The molecule has 1 atom stereocenters. The quantitative estimate of drug-likeness (QED) is 0.499. The molecule has 0 N–H and O–H groups in total. The largest absolute Gasteiger partial charge is 0.301 e. The second kappa shape index (κ2) is 8.03. The van der Waals surface area contributed by atoms with E-state index < -0.39 is 6.04 Å². The maximum Gasteiger partial charge on any atom is 0.251 e. The first-order valence-electron chi connectivity index (χ1n) is 8.22. The molecule has 0 aliphatic carbocycles. The lowest BCUT2D eigenvalue weighted by atomic mass is 10.1. The number of aldehydes is 1. The minimum absolute atomic E-state index is 0.337. The Hall–Kier alpha value is -3.53. The minimum atomic E-state index is -0.829. The van der Waals surface area contributed by atoms with Crippen molar-refractivity contribution in [3.05, 3.63) is 96.8 Å². The van der Waals surface area contributed by atoms with E-state index in [1.807, 2.05) is 60.7 Å². The van der Waals surface area contributed by atoms with Gasteiger partial charge < -0.3 is 9.69 Å². The summed E-state index contributed by atoms with van der Waals surface area (Å²) < 4.78 is 0. The zero-order valence-corrected chi connectivity index (χ0v) is 14.2. The topological polar surface area (TPSA) is 50.3 Å². The van der Waals surface area contributed by atoms with Gasteiger partial charge in [0.15, 0.2) is 0 Å². The summed E-state index contributed by atoms with van der Waals surface area (Å²) in [4.78, 5) is 30.1. The van der Waals surface area contributed by atoms with Crippen molar-refractivity contribution in [3.8, 4) is 0 Å². The normalized spacial score (nSPS) is 12.0. The van der Waals surface area contributed by atoms with E-state index in [2.05, 4.69) is 11.6 Å². The maximum atomic E-state index is 12.6. The van der Waals surface area contributed by atoms with Crippen LogP contribution < -0.4 is 0 Å². The summed E-state index contributed by atoms with van der Waals surface area (Å²) in [6.45, 7) is 3.68. The first kappa shape index (κ1) is 17.3. The molecule has 0 fully saturated rings. The Morgan fingerprint density at radius 3 is 2.46 bits per heavy atom. The van der Waals surface area contributed by atoms with Crippen molar-refractivity contribution in [2.24, 2.45) is 0 Å². The van der Waals surface area contributed by atoms with E-state index in [9.17, 15) is 9.59 Å². The predicted molar refractivity (Wildman–Crippen MR) is 103 cm³/mol. The Morgan fingerprint density at radius 2 is 1.73 bits per heavy atom. The predicted octanol–water partition coefficient (Wildman–Crippen LogP) is 4.16. The van der Waals surface area contributed by atoms with Crippen LogP contribution in [0.2, 0.25) is 0 Å². The minimum Gasteiger partial charge on any atom is -0.301 e. The lowest BCUT2D eigenvalue weighted by molar-refractivity contribution is -0.129. The number of hydrogen-bond donors (Lipinski definition) is 0. The Balaban J connectivity index is 1.88. The van der Waals surface area contributed by atoms with Crippen molar-refractivity contribution in [2.75, 3.05) is 0 Å². The van der Waals surface area contributed by atoms with E-state index in [0.29, 0.717) is 12.0 Å². The molecular weight excluding hydrogens is 324 g/mol. The lowest BCUT2D eigenvalue weighted by Gasteiger charge is -2.23. The number of carbonyl (C=O) groups is 2. The van der Waals surface area contributed by atoms with Crippen LogP contribution in [0.1, 0.15) is 17.3 Å². The Labute approximate surface area is 152 Å². The number of benzene rings is 2. The third kappa shape index (κ3) is 3.75. The number of amides is 1. The van der Waals surface area contributed by atoms with Gasteiger partial charge in [0, 0.05) is 17.7 Å². The smallest absolute Gasteiger partial charge is 0.251 e. The molecule has 0 saturated heterocycles. The molecule has 0 spiro atoms. The Morgan fingerprint density at radius 1 is 1.00 bits per heavy atom. The molecule has 3 rings (SSSR count). The van der Waals surface area contributed by atoms with Crippen LogP contribution in [0, 0.1) is 0 Å². The van der Waals surface area contributed by atoms with Gasteiger partial charge in [-0.25, -0.2) is 0 Å². The van der Waals surface area contributed by atoms with Gasteiger partial charge in [-0.2, -0.15) is 0 Å². The van der Waals surface area contributed by atoms with Gasteiger partial charge in [-0.15, -0.1) is 0 Å². The van der Waals surface area contributed by atoms with Crippen molar-refractivity contribution < 1.29 is 9.59 Å². The molecule has 0 aliphatic heterocycles. The van der Waals surface area contributed by atoms with Gasteiger partial charge in [-0.05, 0) is 23.8 Å². The average molecular weight is 342 g/mol. The van der Waals surface area contributed by atoms with Crippen LogP contribution >= 0.6 is 0 Å². The fourth-order valence-electron chi connectivity index (χ4n) is 2.68. The number of fused-ring (bicyclic) bond motifs is 1. The van der Waals surface area contributed by atoms with E-state index in [4.69, 9.17) is 0 Å². The molecule has 1 aromatic heterocycles. The summed E-state index contributed by atoms with van der Waals surface area (Å²) in [5, 5.41) is 0.973.